The lowest BCUT2D eigenvalue weighted by Crippen LogP contribution is -2.48. The minimum Gasteiger partial charge on any atom is -0.329 e. The molecule has 6 heteroatoms. The van der Waals surface area contributed by atoms with Gasteiger partial charge in [0.25, 0.3) is 5.91 Å². The van der Waals surface area contributed by atoms with Crippen molar-refractivity contribution in [2.24, 2.45) is 7.05 Å². The van der Waals surface area contributed by atoms with E-state index < -0.39 is 0 Å². The van der Waals surface area contributed by atoms with E-state index in [-0.39, 0.29) is 17.8 Å². The molecule has 0 aliphatic carbocycles. The fourth-order valence-electron chi connectivity index (χ4n) is 2.82. The van der Waals surface area contributed by atoms with Crippen molar-refractivity contribution >= 4 is 5.91 Å². The minimum atomic E-state index is -0.284. The van der Waals surface area contributed by atoms with Gasteiger partial charge < -0.3 is 10.2 Å². The first-order chi connectivity index (χ1) is 10.6. The van der Waals surface area contributed by atoms with E-state index in [9.17, 15) is 9.18 Å². The van der Waals surface area contributed by atoms with E-state index in [2.05, 4.69) is 10.4 Å². The van der Waals surface area contributed by atoms with Crippen LogP contribution < -0.4 is 5.32 Å². The van der Waals surface area contributed by atoms with Gasteiger partial charge in [0.2, 0.25) is 0 Å². The van der Waals surface area contributed by atoms with E-state index in [1.807, 2.05) is 20.0 Å². The third-order valence-electron chi connectivity index (χ3n) is 4.20. The van der Waals surface area contributed by atoms with Gasteiger partial charge in [-0.15, -0.1) is 0 Å². The quantitative estimate of drug-likeness (QED) is 0.918. The first-order valence-electron chi connectivity index (χ1n) is 7.33. The number of halogens is 1. The molecule has 1 aliphatic rings. The maximum absolute atomic E-state index is 13.5. The van der Waals surface area contributed by atoms with Gasteiger partial charge >= 0.3 is 0 Å². The van der Waals surface area contributed by atoms with Gasteiger partial charge in [-0.05, 0) is 24.6 Å². The van der Waals surface area contributed by atoms with Gasteiger partial charge in [-0.25, -0.2) is 4.39 Å². The Labute approximate surface area is 128 Å². The van der Waals surface area contributed by atoms with Gasteiger partial charge in [0.05, 0.1) is 17.8 Å². The fourth-order valence-corrected chi connectivity index (χ4v) is 2.82. The Morgan fingerprint density at radius 2 is 2.27 bits per heavy atom. The molecule has 1 aromatic carbocycles. The maximum Gasteiger partial charge on any atom is 0.257 e. The van der Waals surface area contributed by atoms with Gasteiger partial charge in [0.15, 0.2) is 0 Å². The summed E-state index contributed by atoms with van der Waals surface area (Å²) < 4.78 is 15.2. The second-order valence-electron chi connectivity index (χ2n) is 5.54. The van der Waals surface area contributed by atoms with Crippen molar-refractivity contribution in [2.75, 3.05) is 19.6 Å². The molecule has 1 atom stereocenters. The number of rotatable bonds is 2. The van der Waals surface area contributed by atoms with Crippen molar-refractivity contribution in [3.8, 4) is 0 Å². The maximum atomic E-state index is 13.5. The average molecular weight is 302 g/mol. The molecule has 1 N–H and O–H groups in total. The number of carbonyl (C=O) groups excluding carboxylic acids is 1. The summed E-state index contributed by atoms with van der Waals surface area (Å²) in [7, 11) is 1.81. The molecule has 5 nitrogen and oxygen atoms in total. The number of nitrogens with one attached hydrogen (secondary N) is 1. The smallest absolute Gasteiger partial charge is 0.257 e. The summed E-state index contributed by atoms with van der Waals surface area (Å²) in [5.74, 6) is -0.339. The van der Waals surface area contributed by atoms with Crippen LogP contribution in [-0.2, 0) is 7.05 Å². The van der Waals surface area contributed by atoms with Gasteiger partial charge in [-0.1, -0.05) is 12.1 Å². The molecular formula is C16H19FN4O. The number of aromatic nitrogens is 2. The highest BCUT2D eigenvalue weighted by molar-refractivity contribution is 5.95. The van der Waals surface area contributed by atoms with Crippen molar-refractivity contribution in [1.29, 1.82) is 0 Å². The van der Waals surface area contributed by atoms with E-state index >= 15 is 0 Å². The zero-order valence-corrected chi connectivity index (χ0v) is 12.7. The Balaban J connectivity index is 1.93. The predicted molar refractivity (Wildman–Crippen MR) is 81.0 cm³/mol. The van der Waals surface area contributed by atoms with Crippen LogP contribution in [0.25, 0.3) is 0 Å². The molecule has 0 radical (unpaired) electrons. The van der Waals surface area contributed by atoms with Crippen LogP contribution in [0.3, 0.4) is 0 Å². The number of aryl methyl sites for hydroxylation is 1. The molecule has 1 saturated heterocycles. The Morgan fingerprint density at radius 3 is 2.95 bits per heavy atom. The SMILES string of the molecule is Cc1c(C(=O)N2CCNCC2c2cccc(F)c2)cnn1C. The van der Waals surface area contributed by atoms with Crippen LogP contribution in [0.5, 0.6) is 0 Å². The van der Waals surface area contributed by atoms with Crippen molar-refractivity contribution in [3.63, 3.8) is 0 Å². The second-order valence-corrected chi connectivity index (χ2v) is 5.54. The zero-order valence-electron chi connectivity index (χ0n) is 12.7. The van der Waals surface area contributed by atoms with E-state index in [1.165, 1.54) is 12.1 Å². The molecule has 1 aromatic heterocycles. The van der Waals surface area contributed by atoms with Crippen molar-refractivity contribution in [1.82, 2.24) is 20.0 Å². The van der Waals surface area contributed by atoms with Crippen LogP contribution in [0.1, 0.15) is 27.7 Å². The first-order valence-corrected chi connectivity index (χ1v) is 7.33. The highest BCUT2D eigenvalue weighted by atomic mass is 19.1. The van der Waals surface area contributed by atoms with Crippen molar-refractivity contribution < 1.29 is 9.18 Å². The molecule has 0 saturated carbocycles. The lowest BCUT2D eigenvalue weighted by Gasteiger charge is -2.36. The fraction of sp³-hybridized carbons (Fsp3) is 0.375. The predicted octanol–water partition coefficient (Wildman–Crippen LogP) is 1.65. The summed E-state index contributed by atoms with van der Waals surface area (Å²) in [6.45, 7) is 3.82. The summed E-state index contributed by atoms with van der Waals surface area (Å²) >= 11 is 0. The molecule has 0 bridgehead atoms. The third kappa shape index (κ3) is 2.62. The van der Waals surface area contributed by atoms with Crippen LogP contribution in [0, 0.1) is 12.7 Å². The van der Waals surface area contributed by atoms with E-state index in [1.54, 1.807) is 21.8 Å². The molecule has 0 spiro atoms. The van der Waals surface area contributed by atoms with Crippen LogP contribution in [0.4, 0.5) is 4.39 Å². The third-order valence-corrected chi connectivity index (χ3v) is 4.20. The summed E-state index contributed by atoms with van der Waals surface area (Å²) in [6, 6.07) is 6.27. The molecule has 1 aliphatic heterocycles. The van der Waals surface area contributed by atoms with Crippen molar-refractivity contribution in [2.45, 2.75) is 13.0 Å². The van der Waals surface area contributed by atoms with Gasteiger partial charge in [-0.2, -0.15) is 5.10 Å². The topological polar surface area (TPSA) is 50.2 Å². The van der Waals surface area contributed by atoms with Crippen LogP contribution in [0.2, 0.25) is 0 Å². The Bertz CT molecular complexity index is 697. The standard InChI is InChI=1S/C16H19FN4O/c1-11-14(9-19-20(11)2)16(22)21-7-6-18-10-15(21)12-4-3-5-13(17)8-12/h3-5,8-9,15,18H,6-7,10H2,1-2H3. The van der Waals surface area contributed by atoms with Crippen molar-refractivity contribution in [3.05, 3.63) is 53.1 Å². The molecule has 3 rings (SSSR count). The molecule has 1 amide bonds. The number of piperazine rings is 1. The first kappa shape index (κ1) is 14.7. The molecule has 1 unspecified atom stereocenters. The second kappa shape index (κ2) is 5.88. The highest BCUT2D eigenvalue weighted by Crippen LogP contribution is 2.25. The molecular weight excluding hydrogens is 283 g/mol. The Kier molecular flexibility index (Phi) is 3.94. The summed E-state index contributed by atoms with van der Waals surface area (Å²) in [4.78, 5) is 14.7. The van der Waals surface area contributed by atoms with E-state index in [4.69, 9.17) is 0 Å². The van der Waals surface area contributed by atoms with Crippen LogP contribution >= 0.6 is 0 Å². The number of amides is 1. The Morgan fingerprint density at radius 1 is 1.45 bits per heavy atom. The number of hydrogen-bond acceptors (Lipinski definition) is 3. The minimum absolute atomic E-state index is 0.0543. The number of carbonyl (C=O) groups is 1. The molecule has 2 heterocycles. The average Bonchev–Trinajstić information content (AvgIpc) is 2.86. The van der Waals surface area contributed by atoms with E-state index in [0.717, 1.165) is 17.8 Å². The lowest BCUT2D eigenvalue weighted by atomic mass is 10.0. The zero-order chi connectivity index (χ0) is 15.7. The molecule has 116 valence electrons. The molecule has 2 aromatic rings. The number of benzene rings is 1. The summed E-state index contributed by atoms with van der Waals surface area (Å²) in [5.41, 5.74) is 2.24. The number of nitrogens with zero attached hydrogens (tertiary/aromatic N) is 3. The Hall–Kier alpha value is -2.21. The lowest BCUT2D eigenvalue weighted by molar-refractivity contribution is 0.0633. The molecule has 1 fully saturated rings. The van der Waals surface area contributed by atoms with Gasteiger partial charge in [-0.3, -0.25) is 9.48 Å². The summed E-state index contributed by atoms with van der Waals surface area (Å²) in [6.07, 6.45) is 1.60. The van der Waals surface area contributed by atoms with Crippen LogP contribution in [0.15, 0.2) is 30.5 Å². The van der Waals surface area contributed by atoms with Gasteiger partial charge in [0, 0.05) is 32.4 Å². The normalized spacial score (nSPS) is 18.5. The number of hydrogen-bond donors (Lipinski definition) is 1. The van der Waals surface area contributed by atoms with Gasteiger partial charge in [0.1, 0.15) is 5.82 Å². The largest absolute Gasteiger partial charge is 0.329 e. The molecule has 22 heavy (non-hydrogen) atoms. The van der Waals surface area contributed by atoms with Crippen LogP contribution in [-0.4, -0.2) is 40.2 Å². The summed E-state index contributed by atoms with van der Waals surface area (Å²) in [5, 5.41) is 7.41. The monoisotopic (exact) mass is 302 g/mol. The highest BCUT2D eigenvalue weighted by Gasteiger charge is 2.30. The van der Waals surface area contributed by atoms with E-state index in [0.29, 0.717) is 18.7 Å².